The van der Waals surface area contributed by atoms with E-state index in [0.717, 1.165) is 0 Å². The lowest BCUT2D eigenvalue weighted by Gasteiger charge is -2.12. The average Bonchev–Trinajstić information content (AvgIpc) is 3.13. The van der Waals surface area contributed by atoms with Gasteiger partial charge in [0.05, 0.1) is 0 Å². The van der Waals surface area contributed by atoms with E-state index in [1.165, 1.54) is 97.7 Å². The van der Waals surface area contributed by atoms with Gasteiger partial charge in [-0.15, -0.1) is 0 Å². The highest BCUT2D eigenvalue weighted by molar-refractivity contribution is 6.19. The molecule has 0 heterocycles. The first-order valence-corrected chi connectivity index (χ1v) is 16.0. The summed E-state index contributed by atoms with van der Waals surface area (Å²) in [5.74, 6) is 0. The molecule has 0 aliphatic carbocycles. The van der Waals surface area contributed by atoms with E-state index in [4.69, 9.17) is 0 Å². The number of fused-ring (bicyclic) bond motifs is 11. The molecule has 0 radical (unpaired) electrons. The predicted molar refractivity (Wildman–Crippen MR) is 200 cm³/mol. The largest absolute Gasteiger partial charge is 0.0616 e. The van der Waals surface area contributed by atoms with E-state index in [0.29, 0.717) is 0 Å². The molecule has 0 aliphatic rings. The van der Waals surface area contributed by atoms with E-state index in [9.17, 15) is 0 Å². The SMILES string of the molecule is c1ccc2c(c1)ccc1ccc(-c3ccc4ccc5c6cc(-c7ccc8ccc9ccccc9c8c7)ccc6ccc5c4c3)cc12. The van der Waals surface area contributed by atoms with Crippen LogP contribution in [-0.4, -0.2) is 0 Å². The molecule has 0 fully saturated rings. The van der Waals surface area contributed by atoms with Crippen LogP contribution in [0, 0.1) is 0 Å². The predicted octanol–water partition coefficient (Wildman–Crippen LogP) is 13.1. The van der Waals surface area contributed by atoms with Crippen molar-refractivity contribution in [3.8, 4) is 22.3 Å². The van der Waals surface area contributed by atoms with Crippen LogP contribution in [-0.2, 0) is 0 Å². The third-order valence-electron chi connectivity index (χ3n) is 10.00. The van der Waals surface area contributed by atoms with Crippen molar-refractivity contribution in [3.05, 3.63) is 170 Å². The molecule has 0 spiro atoms. The van der Waals surface area contributed by atoms with Gasteiger partial charge in [0.25, 0.3) is 0 Å². The van der Waals surface area contributed by atoms with Gasteiger partial charge in [-0.1, -0.05) is 146 Å². The van der Waals surface area contributed by atoms with Crippen LogP contribution in [0.25, 0.3) is 97.7 Å². The standard InChI is InChI=1S/C46H28/c1-3-7-39-29(5-1)9-11-31-13-17-35(25-43(31)39)37-19-15-33-21-24-42-41(45(33)27-37)23-22-34-16-20-38(28-46(34)42)36-18-14-32-12-10-30-6-2-4-8-40(30)44(32)26-36/h1-28H. The number of hydrogen-bond donors (Lipinski definition) is 0. The molecule has 212 valence electrons. The molecule has 10 rings (SSSR count). The van der Waals surface area contributed by atoms with Crippen LogP contribution in [0.3, 0.4) is 0 Å². The fourth-order valence-electron chi connectivity index (χ4n) is 7.59. The van der Waals surface area contributed by atoms with Gasteiger partial charge in [0, 0.05) is 0 Å². The smallest absolute Gasteiger partial charge is 0.00987 e. The number of hydrogen-bond acceptors (Lipinski definition) is 0. The molecule has 0 unspecified atom stereocenters. The molecule has 0 amide bonds. The van der Waals surface area contributed by atoms with Gasteiger partial charge < -0.3 is 0 Å². The molecule has 0 bridgehead atoms. The van der Waals surface area contributed by atoms with Gasteiger partial charge in [-0.25, -0.2) is 0 Å². The van der Waals surface area contributed by atoms with Crippen molar-refractivity contribution in [2.24, 2.45) is 0 Å². The van der Waals surface area contributed by atoms with Gasteiger partial charge in [-0.05, 0) is 122 Å². The summed E-state index contributed by atoms with van der Waals surface area (Å²) in [7, 11) is 0. The quantitative estimate of drug-likeness (QED) is 0.178. The average molecular weight is 581 g/mol. The fourth-order valence-corrected chi connectivity index (χ4v) is 7.59. The molecule has 10 aromatic carbocycles. The Morgan fingerprint density at radius 1 is 0.174 bits per heavy atom. The Labute approximate surface area is 266 Å². The van der Waals surface area contributed by atoms with Gasteiger partial charge >= 0.3 is 0 Å². The van der Waals surface area contributed by atoms with Crippen molar-refractivity contribution in [2.75, 3.05) is 0 Å². The Kier molecular flexibility index (Phi) is 5.38. The van der Waals surface area contributed by atoms with Crippen molar-refractivity contribution in [1.82, 2.24) is 0 Å². The van der Waals surface area contributed by atoms with Gasteiger partial charge in [0.2, 0.25) is 0 Å². The van der Waals surface area contributed by atoms with Gasteiger partial charge in [-0.2, -0.15) is 0 Å². The topological polar surface area (TPSA) is 0 Å². The van der Waals surface area contributed by atoms with Crippen LogP contribution >= 0.6 is 0 Å². The maximum atomic E-state index is 2.38. The fraction of sp³-hybridized carbons (Fsp3) is 0. The Hall–Kier alpha value is -5.98. The van der Waals surface area contributed by atoms with E-state index >= 15 is 0 Å². The van der Waals surface area contributed by atoms with Crippen molar-refractivity contribution >= 4 is 75.4 Å². The van der Waals surface area contributed by atoms with Crippen molar-refractivity contribution in [2.45, 2.75) is 0 Å². The van der Waals surface area contributed by atoms with Crippen LogP contribution in [0.15, 0.2) is 170 Å². The molecular formula is C46H28. The maximum Gasteiger partial charge on any atom is -0.00987 e. The second-order valence-corrected chi connectivity index (χ2v) is 12.5. The highest BCUT2D eigenvalue weighted by Crippen LogP contribution is 2.38. The molecule has 0 nitrogen and oxygen atoms in total. The van der Waals surface area contributed by atoms with Gasteiger partial charge in [0.15, 0.2) is 0 Å². The molecule has 46 heavy (non-hydrogen) atoms. The van der Waals surface area contributed by atoms with Crippen LogP contribution in [0.2, 0.25) is 0 Å². The molecule has 10 aromatic rings. The van der Waals surface area contributed by atoms with Crippen LogP contribution in [0.5, 0.6) is 0 Å². The van der Waals surface area contributed by atoms with E-state index in [-0.39, 0.29) is 0 Å². The zero-order chi connectivity index (χ0) is 30.2. The normalized spacial score (nSPS) is 11.9. The molecular weight excluding hydrogens is 553 g/mol. The Balaban J connectivity index is 1.14. The van der Waals surface area contributed by atoms with E-state index < -0.39 is 0 Å². The van der Waals surface area contributed by atoms with Crippen molar-refractivity contribution in [3.63, 3.8) is 0 Å². The summed E-state index contributed by atoms with van der Waals surface area (Å²) in [6.45, 7) is 0. The molecule has 0 saturated heterocycles. The summed E-state index contributed by atoms with van der Waals surface area (Å²) in [6.07, 6.45) is 0. The van der Waals surface area contributed by atoms with Gasteiger partial charge in [0.1, 0.15) is 0 Å². The lowest BCUT2D eigenvalue weighted by atomic mass is 9.92. The van der Waals surface area contributed by atoms with Gasteiger partial charge in [-0.3, -0.25) is 0 Å². The number of rotatable bonds is 2. The molecule has 0 N–H and O–H groups in total. The summed E-state index contributed by atoms with van der Waals surface area (Å²) in [6, 6.07) is 63.0. The highest BCUT2D eigenvalue weighted by atomic mass is 14.1. The molecule has 0 aromatic heterocycles. The van der Waals surface area contributed by atoms with Crippen LogP contribution in [0.1, 0.15) is 0 Å². The Morgan fingerprint density at radius 3 is 0.804 bits per heavy atom. The zero-order valence-electron chi connectivity index (χ0n) is 25.2. The minimum absolute atomic E-state index is 1.24. The summed E-state index contributed by atoms with van der Waals surface area (Å²) in [5, 5.41) is 18.0. The third kappa shape index (κ3) is 3.87. The summed E-state index contributed by atoms with van der Waals surface area (Å²) in [5.41, 5.74) is 4.98. The van der Waals surface area contributed by atoms with E-state index in [2.05, 4.69) is 170 Å². The summed E-state index contributed by atoms with van der Waals surface area (Å²) < 4.78 is 0. The maximum absolute atomic E-state index is 2.38. The summed E-state index contributed by atoms with van der Waals surface area (Å²) in [4.78, 5) is 0. The molecule has 0 heteroatoms. The minimum Gasteiger partial charge on any atom is -0.0616 e. The third-order valence-corrected chi connectivity index (χ3v) is 10.00. The summed E-state index contributed by atoms with van der Waals surface area (Å²) >= 11 is 0. The number of benzene rings is 10. The Morgan fingerprint density at radius 2 is 0.435 bits per heavy atom. The van der Waals surface area contributed by atoms with Crippen molar-refractivity contribution < 1.29 is 0 Å². The Bertz CT molecular complexity index is 2660. The zero-order valence-corrected chi connectivity index (χ0v) is 25.2. The lowest BCUT2D eigenvalue weighted by Crippen LogP contribution is -1.85. The molecule has 0 atom stereocenters. The van der Waals surface area contributed by atoms with Crippen molar-refractivity contribution in [1.29, 1.82) is 0 Å². The minimum atomic E-state index is 1.24. The molecule has 0 saturated carbocycles. The lowest BCUT2D eigenvalue weighted by molar-refractivity contribution is 1.68. The van der Waals surface area contributed by atoms with Crippen LogP contribution in [0.4, 0.5) is 0 Å². The van der Waals surface area contributed by atoms with E-state index in [1.54, 1.807) is 0 Å². The van der Waals surface area contributed by atoms with E-state index in [1.807, 2.05) is 0 Å². The second kappa shape index (κ2) is 9.76. The highest BCUT2D eigenvalue weighted by Gasteiger charge is 2.10. The first-order chi connectivity index (χ1) is 22.8. The monoisotopic (exact) mass is 580 g/mol. The first-order valence-electron chi connectivity index (χ1n) is 16.0. The van der Waals surface area contributed by atoms with Crippen LogP contribution < -0.4 is 0 Å². The molecule has 0 aliphatic heterocycles. The second-order valence-electron chi connectivity index (χ2n) is 12.5. The first kappa shape index (κ1) is 25.4.